The molecule has 18 heavy (non-hydrogen) atoms. The molecule has 0 atom stereocenters. The number of nitrogens with zero attached hydrogens (tertiary/aromatic N) is 2. The molecule has 0 saturated carbocycles. The molecule has 1 aromatic heterocycles. The smallest absolute Gasteiger partial charge is 0.345 e. The summed E-state index contributed by atoms with van der Waals surface area (Å²) in [5.74, 6) is -0.502. The van der Waals surface area contributed by atoms with E-state index >= 15 is 0 Å². The first-order chi connectivity index (χ1) is 8.49. The van der Waals surface area contributed by atoms with Gasteiger partial charge in [-0.2, -0.15) is 4.98 Å². The van der Waals surface area contributed by atoms with Gasteiger partial charge in [-0.15, -0.1) is 0 Å². The standard InChI is InChI=1S/C11H8N2O5/c1-6-9(14)12-10(18-11(6)15)7-2-4-8(5-3-7)13(16)17/h2-5,14H,1H3. The van der Waals surface area contributed by atoms with Gasteiger partial charge in [0, 0.05) is 17.7 Å². The highest BCUT2D eigenvalue weighted by atomic mass is 16.6. The van der Waals surface area contributed by atoms with E-state index in [1.54, 1.807) is 0 Å². The highest BCUT2D eigenvalue weighted by Gasteiger charge is 2.12. The topological polar surface area (TPSA) is 106 Å². The SMILES string of the molecule is Cc1c(O)nc(-c2ccc([N+](=O)[O-])cc2)oc1=O. The summed E-state index contributed by atoms with van der Waals surface area (Å²) in [6.45, 7) is 1.38. The summed E-state index contributed by atoms with van der Waals surface area (Å²) in [5, 5.41) is 19.9. The summed E-state index contributed by atoms with van der Waals surface area (Å²) < 4.78 is 4.88. The van der Waals surface area contributed by atoms with Crippen LogP contribution in [-0.4, -0.2) is 15.0 Å². The molecule has 7 nitrogen and oxygen atoms in total. The number of aromatic nitrogens is 1. The molecule has 0 aliphatic rings. The van der Waals surface area contributed by atoms with E-state index in [1.165, 1.54) is 31.2 Å². The van der Waals surface area contributed by atoms with Crippen molar-refractivity contribution in [2.75, 3.05) is 0 Å². The maximum Gasteiger partial charge on any atom is 0.345 e. The second-order valence-corrected chi connectivity index (χ2v) is 3.56. The molecule has 0 radical (unpaired) electrons. The zero-order valence-corrected chi connectivity index (χ0v) is 9.28. The first kappa shape index (κ1) is 11.8. The Bertz CT molecular complexity index is 660. The van der Waals surface area contributed by atoms with Crippen LogP contribution >= 0.6 is 0 Å². The Morgan fingerprint density at radius 3 is 2.44 bits per heavy atom. The van der Waals surface area contributed by atoms with Crippen LogP contribution in [0.3, 0.4) is 0 Å². The lowest BCUT2D eigenvalue weighted by molar-refractivity contribution is -0.384. The van der Waals surface area contributed by atoms with E-state index in [0.29, 0.717) is 5.56 Å². The number of benzene rings is 1. The van der Waals surface area contributed by atoms with Gasteiger partial charge in [0.25, 0.3) is 5.69 Å². The maximum atomic E-state index is 11.3. The second kappa shape index (κ2) is 4.28. The number of hydrogen-bond donors (Lipinski definition) is 1. The van der Waals surface area contributed by atoms with Crippen LogP contribution in [0, 0.1) is 17.0 Å². The first-order valence-corrected chi connectivity index (χ1v) is 4.94. The van der Waals surface area contributed by atoms with Crippen molar-refractivity contribution in [3.8, 4) is 17.3 Å². The Kier molecular flexibility index (Phi) is 2.80. The van der Waals surface area contributed by atoms with Crippen molar-refractivity contribution < 1.29 is 14.4 Å². The average molecular weight is 248 g/mol. The van der Waals surface area contributed by atoms with Gasteiger partial charge in [0.05, 0.1) is 10.5 Å². The Morgan fingerprint density at radius 1 is 1.33 bits per heavy atom. The number of nitro groups is 1. The van der Waals surface area contributed by atoms with Gasteiger partial charge in [0.1, 0.15) is 0 Å². The van der Waals surface area contributed by atoms with Gasteiger partial charge >= 0.3 is 5.63 Å². The van der Waals surface area contributed by atoms with Crippen LogP contribution in [0.5, 0.6) is 5.88 Å². The van der Waals surface area contributed by atoms with Crippen LogP contribution in [0.2, 0.25) is 0 Å². The number of nitro benzene ring substituents is 1. The molecular formula is C11H8N2O5. The average Bonchev–Trinajstić information content (AvgIpc) is 2.35. The van der Waals surface area contributed by atoms with Gasteiger partial charge in [-0.25, -0.2) is 4.79 Å². The summed E-state index contributed by atoms with van der Waals surface area (Å²) in [6.07, 6.45) is 0. The van der Waals surface area contributed by atoms with E-state index in [9.17, 15) is 20.0 Å². The Morgan fingerprint density at radius 2 is 1.94 bits per heavy atom. The summed E-state index contributed by atoms with van der Waals surface area (Å²) in [6, 6.07) is 5.29. The molecule has 7 heteroatoms. The predicted molar refractivity (Wildman–Crippen MR) is 61.3 cm³/mol. The van der Waals surface area contributed by atoms with E-state index < -0.39 is 16.4 Å². The second-order valence-electron chi connectivity index (χ2n) is 3.56. The van der Waals surface area contributed by atoms with E-state index in [2.05, 4.69) is 4.98 Å². The molecule has 0 unspecified atom stereocenters. The summed E-state index contributed by atoms with van der Waals surface area (Å²) in [7, 11) is 0. The van der Waals surface area contributed by atoms with Crippen molar-refractivity contribution >= 4 is 5.69 Å². The van der Waals surface area contributed by atoms with Gasteiger partial charge < -0.3 is 9.52 Å². The number of aromatic hydroxyl groups is 1. The lowest BCUT2D eigenvalue weighted by Gasteiger charge is -2.01. The summed E-state index contributed by atoms with van der Waals surface area (Å²) >= 11 is 0. The van der Waals surface area contributed by atoms with Crippen LogP contribution < -0.4 is 5.63 Å². The highest BCUT2D eigenvalue weighted by Crippen LogP contribution is 2.22. The van der Waals surface area contributed by atoms with Crippen LogP contribution in [0.4, 0.5) is 5.69 Å². The molecule has 2 aromatic rings. The van der Waals surface area contributed by atoms with Gasteiger partial charge in [0.2, 0.25) is 11.8 Å². The molecule has 2 rings (SSSR count). The van der Waals surface area contributed by atoms with Crippen molar-refractivity contribution in [3.05, 3.63) is 50.4 Å². The Balaban J connectivity index is 2.49. The largest absolute Gasteiger partial charge is 0.493 e. The Labute approximate surface area is 100 Å². The molecule has 0 saturated heterocycles. The van der Waals surface area contributed by atoms with Crippen LogP contribution in [0.15, 0.2) is 33.5 Å². The normalized spacial score (nSPS) is 10.3. The third-order valence-electron chi connectivity index (χ3n) is 2.36. The van der Waals surface area contributed by atoms with Gasteiger partial charge in [-0.05, 0) is 19.1 Å². The number of non-ortho nitro benzene ring substituents is 1. The van der Waals surface area contributed by atoms with E-state index in [1.807, 2.05) is 0 Å². The molecule has 1 heterocycles. The molecule has 0 aliphatic heterocycles. The third-order valence-corrected chi connectivity index (χ3v) is 2.36. The zero-order chi connectivity index (χ0) is 13.3. The molecule has 1 N–H and O–H groups in total. The fraction of sp³-hybridized carbons (Fsp3) is 0.0909. The fourth-order valence-electron chi connectivity index (χ4n) is 1.31. The molecule has 0 fully saturated rings. The monoisotopic (exact) mass is 248 g/mol. The molecule has 0 spiro atoms. The van der Waals surface area contributed by atoms with Crippen LogP contribution in [0.25, 0.3) is 11.5 Å². The highest BCUT2D eigenvalue weighted by molar-refractivity contribution is 5.56. The van der Waals surface area contributed by atoms with E-state index in [4.69, 9.17) is 4.42 Å². The zero-order valence-electron chi connectivity index (χ0n) is 9.28. The quantitative estimate of drug-likeness (QED) is 0.639. The first-order valence-electron chi connectivity index (χ1n) is 4.94. The lowest BCUT2D eigenvalue weighted by Crippen LogP contribution is -2.05. The fourth-order valence-corrected chi connectivity index (χ4v) is 1.31. The van der Waals surface area contributed by atoms with E-state index in [-0.39, 0.29) is 17.1 Å². The molecule has 0 bridgehead atoms. The molecule has 92 valence electrons. The van der Waals surface area contributed by atoms with Gasteiger partial charge in [-0.1, -0.05) is 0 Å². The van der Waals surface area contributed by atoms with Crippen molar-refractivity contribution in [2.24, 2.45) is 0 Å². The minimum absolute atomic E-state index is 0.0145. The minimum Gasteiger partial charge on any atom is -0.493 e. The third kappa shape index (κ3) is 2.05. The van der Waals surface area contributed by atoms with E-state index in [0.717, 1.165) is 0 Å². The van der Waals surface area contributed by atoms with Crippen molar-refractivity contribution in [2.45, 2.75) is 6.92 Å². The Hall–Kier alpha value is -2.70. The molecule has 0 amide bonds. The van der Waals surface area contributed by atoms with Crippen molar-refractivity contribution in [1.82, 2.24) is 4.98 Å². The molecule has 1 aromatic carbocycles. The molecular weight excluding hydrogens is 240 g/mol. The molecule has 0 aliphatic carbocycles. The summed E-state index contributed by atoms with van der Waals surface area (Å²) in [5.41, 5.74) is -0.401. The predicted octanol–water partition coefficient (Wildman–Crippen LogP) is 1.62. The lowest BCUT2D eigenvalue weighted by atomic mass is 10.2. The summed E-state index contributed by atoms with van der Waals surface area (Å²) in [4.78, 5) is 25.0. The van der Waals surface area contributed by atoms with Crippen LogP contribution in [0.1, 0.15) is 5.56 Å². The maximum absolute atomic E-state index is 11.3. The minimum atomic E-state index is -0.698. The van der Waals surface area contributed by atoms with Crippen molar-refractivity contribution in [1.29, 1.82) is 0 Å². The van der Waals surface area contributed by atoms with Crippen LogP contribution in [-0.2, 0) is 0 Å². The van der Waals surface area contributed by atoms with Crippen molar-refractivity contribution in [3.63, 3.8) is 0 Å². The van der Waals surface area contributed by atoms with Gasteiger partial charge in [-0.3, -0.25) is 10.1 Å². The number of rotatable bonds is 2. The number of hydrogen-bond acceptors (Lipinski definition) is 6. The van der Waals surface area contributed by atoms with Gasteiger partial charge in [0.15, 0.2) is 0 Å².